The van der Waals surface area contributed by atoms with Gasteiger partial charge in [-0.3, -0.25) is 4.57 Å². The Kier molecular flexibility index (Phi) is 5.41. The van der Waals surface area contributed by atoms with Crippen molar-refractivity contribution in [3.63, 3.8) is 0 Å². The molecule has 0 N–H and O–H groups in total. The number of aryl methyl sites for hydroxylation is 1. The first-order chi connectivity index (χ1) is 14.3. The molecule has 1 fully saturated rings. The molecule has 1 aliphatic rings. The molecule has 6 nitrogen and oxygen atoms in total. The van der Waals surface area contributed by atoms with E-state index in [9.17, 15) is 4.79 Å². The molecule has 0 spiro atoms. The molecule has 0 aliphatic carbocycles. The molecule has 1 aromatic heterocycles. The third kappa shape index (κ3) is 4.42. The Hall–Kier alpha value is -3.02. The standard InChI is InChI=1S/C24H29N3O3/c1-17-9-5-6-10-18(17)15-27-21-12-8-7-11-20(21)25-22(27)29-19-13-14-26(16-19)23(28)30-24(2,3)4/h5-12,19H,13-16H2,1-4H3/t19-/m0/s1. The van der Waals surface area contributed by atoms with E-state index < -0.39 is 5.60 Å². The summed E-state index contributed by atoms with van der Waals surface area (Å²) in [5.41, 5.74) is 3.91. The fraction of sp³-hybridized carbons (Fsp3) is 0.417. The van der Waals surface area contributed by atoms with Crippen LogP contribution in [-0.2, 0) is 11.3 Å². The minimum atomic E-state index is -0.502. The molecule has 1 saturated heterocycles. The van der Waals surface area contributed by atoms with E-state index in [0.717, 1.165) is 17.5 Å². The summed E-state index contributed by atoms with van der Waals surface area (Å²) in [4.78, 5) is 18.8. The van der Waals surface area contributed by atoms with Gasteiger partial charge in [0.25, 0.3) is 6.01 Å². The first kappa shape index (κ1) is 20.3. The van der Waals surface area contributed by atoms with Crippen LogP contribution in [0.1, 0.15) is 38.3 Å². The number of ether oxygens (including phenoxy) is 2. The summed E-state index contributed by atoms with van der Waals surface area (Å²) >= 11 is 0. The van der Waals surface area contributed by atoms with Crippen LogP contribution in [0.25, 0.3) is 11.0 Å². The number of likely N-dealkylation sites (tertiary alicyclic amines) is 1. The number of carbonyl (C=O) groups is 1. The molecule has 0 unspecified atom stereocenters. The maximum atomic E-state index is 12.4. The number of para-hydroxylation sites is 2. The van der Waals surface area contributed by atoms with Gasteiger partial charge in [-0.1, -0.05) is 36.4 Å². The van der Waals surface area contributed by atoms with Gasteiger partial charge in [0, 0.05) is 13.0 Å². The Morgan fingerprint density at radius 3 is 2.63 bits per heavy atom. The van der Waals surface area contributed by atoms with Gasteiger partial charge in [-0.25, -0.2) is 4.79 Å². The molecule has 1 amide bonds. The average Bonchev–Trinajstić information content (AvgIpc) is 3.28. The highest BCUT2D eigenvalue weighted by atomic mass is 16.6. The van der Waals surface area contributed by atoms with E-state index in [1.54, 1.807) is 4.90 Å². The first-order valence-electron chi connectivity index (χ1n) is 10.4. The summed E-state index contributed by atoms with van der Waals surface area (Å²) in [6.07, 6.45) is 0.360. The van der Waals surface area contributed by atoms with Crippen molar-refractivity contribution < 1.29 is 14.3 Å². The van der Waals surface area contributed by atoms with E-state index in [1.165, 1.54) is 11.1 Å². The van der Waals surface area contributed by atoms with Crippen LogP contribution in [0.5, 0.6) is 6.01 Å². The molecule has 3 aromatic rings. The molecule has 6 heteroatoms. The highest BCUT2D eigenvalue weighted by molar-refractivity contribution is 5.76. The van der Waals surface area contributed by atoms with Crippen LogP contribution in [0.3, 0.4) is 0 Å². The largest absolute Gasteiger partial charge is 0.459 e. The second kappa shape index (κ2) is 8.01. The molecule has 0 radical (unpaired) electrons. The molecule has 0 bridgehead atoms. The molecule has 4 rings (SSSR count). The van der Waals surface area contributed by atoms with Gasteiger partial charge in [-0.2, -0.15) is 4.98 Å². The van der Waals surface area contributed by atoms with Gasteiger partial charge in [-0.15, -0.1) is 0 Å². The lowest BCUT2D eigenvalue weighted by Crippen LogP contribution is -2.36. The molecular formula is C24H29N3O3. The van der Waals surface area contributed by atoms with Crippen LogP contribution in [0, 0.1) is 6.92 Å². The lowest BCUT2D eigenvalue weighted by atomic mass is 10.1. The van der Waals surface area contributed by atoms with Gasteiger partial charge in [0.1, 0.15) is 11.7 Å². The fourth-order valence-electron chi connectivity index (χ4n) is 3.72. The number of hydrogen-bond donors (Lipinski definition) is 0. The first-order valence-corrected chi connectivity index (χ1v) is 10.4. The molecule has 1 aliphatic heterocycles. The van der Waals surface area contributed by atoms with Gasteiger partial charge in [0.05, 0.1) is 24.1 Å². The van der Waals surface area contributed by atoms with E-state index in [1.807, 2.05) is 45.0 Å². The smallest absolute Gasteiger partial charge is 0.410 e. The van der Waals surface area contributed by atoms with Gasteiger partial charge < -0.3 is 14.4 Å². The SMILES string of the molecule is Cc1ccccc1Cn1c(O[C@H]2CCN(C(=O)OC(C)(C)C)C2)nc2ccccc21. The Bertz CT molecular complexity index is 1050. The number of benzene rings is 2. The third-order valence-corrected chi connectivity index (χ3v) is 5.28. The Morgan fingerprint density at radius 1 is 1.13 bits per heavy atom. The molecule has 2 aromatic carbocycles. The molecule has 30 heavy (non-hydrogen) atoms. The molecule has 158 valence electrons. The fourth-order valence-corrected chi connectivity index (χ4v) is 3.72. The molecule has 0 saturated carbocycles. The highest BCUT2D eigenvalue weighted by Gasteiger charge is 2.32. The molecule has 2 heterocycles. The van der Waals surface area contributed by atoms with Crippen LogP contribution in [0.2, 0.25) is 0 Å². The lowest BCUT2D eigenvalue weighted by molar-refractivity contribution is 0.0273. The third-order valence-electron chi connectivity index (χ3n) is 5.28. The highest BCUT2D eigenvalue weighted by Crippen LogP contribution is 2.26. The van der Waals surface area contributed by atoms with Crippen molar-refractivity contribution in [2.24, 2.45) is 0 Å². The predicted octanol–water partition coefficient (Wildman–Crippen LogP) is 4.78. The monoisotopic (exact) mass is 407 g/mol. The topological polar surface area (TPSA) is 56.6 Å². The Labute approximate surface area is 177 Å². The van der Waals surface area contributed by atoms with Crippen LogP contribution in [-0.4, -0.2) is 45.3 Å². The normalized spacial score (nSPS) is 16.8. The van der Waals surface area contributed by atoms with E-state index in [-0.39, 0.29) is 12.2 Å². The summed E-state index contributed by atoms with van der Waals surface area (Å²) in [6, 6.07) is 17.0. The van der Waals surface area contributed by atoms with E-state index in [4.69, 9.17) is 14.5 Å². The number of aromatic nitrogens is 2. The average molecular weight is 408 g/mol. The summed E-state index contributed by atoms with van der Waals surface area (Å²) in [5.74, 6) is 0. The molecular weight excluding hydrogens is 378 g/mol. The van der Waals surface area contributed by atoms with Crippen molar-refractivity contribution in [3.8, 4) is 6.01 Å². The van der Waals surface area contributed by atoms with Crippen LogP contribution >= 0.6 is 0 Å². The van der Waals surface area contributed by atoms with Gasteiger partial charge >= 0.3 is 6.09 Å². The zero-order valence-electron chi connectivity index (χ0n) is 18.1. The minimum Gasteiger partial charge on any atom is -0.459 e. The van der Waals surface area contributed by atoms with E-state index >= 15 is 0 Å². The van der Waals surface area contributed by atoms with Crippen LogP contribution in [0.15, 0.2) is 48.5 Å². The number of fused-ring (bicyclic) bond motifs is 1. The number of rotatable bonds is 4. The predicted molar refractivity (Wildman–Crippen MR) is 117 cm³/mol. The zero-order chi connectivity index (χ0) is 21.3. The van der Waals surface area contributed by atoms with Gasteiger partial charge in [0.15, 0.2) is 0 Å². The van der Waals surface area contributed by atoms with Crippen LogP contribution < -0.4 is 4.74 Å². The summed E-state index contributed by atoms with van der Waals surface area (Å²) in [5, 5.41) is 0. The van der Waals surface area contributed by atoms with Crippen molar-refractivity contribution in [2.45, 2.75) is 52.4 Å². The van der Waals surface area contributed by atoms with Crippen molar-refractivity contribution in [2.75, 3.05) is 13.1 Å². The second-order valence-corrected chi connectivity index (χ2v) is 8.85. The van der Waals surface area contributed by atoms with Crippen molar-refractivity contribution in [1.29, 1.82) is 0 Å². The van der Waals surface area contributed by atoms with Crippen molar-refractivity contribution >= 4 is 17.1 Å². The number of amides is 1. The van der Waals surface area contributed by atoms with Crippen LogP contribution in [0.4, 0.5) is 4.79 Å². The van der Waals surface area contributed by atoms with Gasteiger partial charge in [-0.05, 0) is 51.0 Å². The minimum absolute atomic E-state index is 0.107. The second-order valence-electron chi connectivity index (χ2n) is 8.85. The van der Waals surface area contributed by atoms with E-state index in [2.05, 4.69) is 35.8 Å². The van der Waals surface area contributed by atoms with Gasteiger partial charge in [0.2, 0.25) is 0 Å². The maximum absolute atomic E-state index is 12.4. The zero-order valence-corrected chi connectivity index (χ0v) is 18.1. The molecule has 1 atom stereocenters. The number of carbonyl (C=O) groups excluding carboxylic acids is 1. The number of hydrogen-bond acceptors (Lipinski definition) is 4. The number of nitrogens with zero attached hydrogens (tertiary/aromatic N) is 3. The maximum Gasteiger partial charge on any atom is 0.410 e. The number of imidazole rings is 1. The Morgan fingerprint density at radius 2 is 1.87 bits per heavy atom. The van der Waals surface area contributed by atoms with E-state index in [0.29, 0.717) is 25.6 Å². The summed E-state index contributed by atoms with van der Waals surface area (Å²) in [6.45, 7) is 9.56. The Balaban J connectivity index is 1.55. The van der Waals surface area contributed by atoms with Crippen molar-refractivity contribution in [1.82, 2.24) is 14.5 Å². The quantitative estimate of drug-likeness (QED) is 0.624. The summed E-state index contributed by atoms with van der Waals surface area (Å²) in [7, 11) is 0. The van der Waals surface area contributed by atoms with Crippen molar-refractivity contribution in [3.05, 3.63) is 59.7 Å². The summed E-state index contributed by atoms with van der Waals surface area (Å²) < 4.78 is 13.9. The lowest BCUT2D eigenvalue weighted by Gasteiger charge is -2.24.